The number of nitrogens with one attached hydrogen (secondary N) is 1. The smallest absolute Gasteiger partial charge is 0.168 e. The number of aromatic nitrogens is 2. The number of hydrogen-bond donors (Lipinski definition) is 1. The van der Waals surface area contributed by atoms with Gasteiger partial charge < -0.3 is 5.32 Å². The molecule has 0 radical (unpaired) electrons. The predicted octanol–water partition coefficient (Wildman–Crippen LogP) is 3.31. The summed E-state index contributed by atoms with van der Waals surface area (Å²) in [7, 11) is 0. The second kappa shape index (κ2) is 5.18. The molecule has 17 heavy (non-hydrogen) atoms. The van der Waals surface area contributed by atoms with Crippen molar-refractivity contribution in [2.75, 3.05) is 11.9 Å². The minimum Gasteiger partial charge on any atom is -0.367 e. The molecule has 2 rings (SSSR count). The van der Waals surface area contributed by atoms with Gasteiger partial charge >= 0.3 is 0 Å². The average molecular weight is 255 g/mol. The van der Waals surface area contributed by atoms with Crippen LogP contribution in [0.2, 0.25) is 0 Å². The van der Waals surface area contributed by atoms with E-state index in [9.17, 15) is 8.78 Å². The van der Waals surface area contributed by atoms with E-state index in [1.165, 1.54) is 6.07 Å². The molecule has 1 heterocycles. The van der Waals surface area contributed by atoms with Crippen LogP contribution in [0.25, 0.3) is 11.3 Å². The molecule has 90 valence electrons. The summed E-state index contributed by atoms with van der Waals surface area (Å²) in [5.74, 6) is -1.13. The van der Waals surface area contributed by atoms with Crippen molar-refractivity contribution in [3.63, 3.8) is 0 Å². The molecule has 6 heteroatoms. The van der Waals surface area contributed by atoms with Crippen LogP contribution in [0.1, 0.15) is 13.3 Å². The number of rotatable bonds is 4. The van der Waals surface area contributed by atoms with Crippen LogP contribution in [0.3, 0.4) is 0 Å². The number of hydrogen-bond acceptors (Lipinski definition) is 4. The first kappa shape index (κ1) is 11.9. The first-order valence-corrected chi connectivity index (χ1v) is 5.97. The highest BCUT2D eigenvalue weighted by atomic mass is 32.1. The van der Waals surface area contributed by atoms with Crippen molar-refractivity contribution in [2.45, 2.75) is 13.3 Å². The van der Waals surface area contributed by atoms with Crippen LogP contribution in [0, 0.1) is 11.6 Å². The van der Waals surface area contributed by atoms with Gasteiger partial charge in [-0.1, -0.05) is 6.92 Å². The Morgan fingerprint density at radius 2 is 2.06 bits per heavy atom. The number of nitrogens with zero attached hydrogens (tertiary/aromatic N) is 2. The first-order valence-electron chi connectivity index (χ1n) is 5.24. The highest BCUT2D eigenvalue weighted by Crippen LogP contribution is 2.26. The van der Waals surface area contributed by atoms with Crippen LogP contribution in [-0.4, -0.2) is 15.3 Å². The molecule has 3 nitrogen and oxygen atoms in total. The molecule has 2 aromatic rings. The Morgan fingerprint density at radius 3 is 2.76 bits per heavy atom. The predicted molar refractivity (Wildman–Crippen MR) is 64.0 cm³/mol. The Hall–Kier alpha value is -1.56. The van der Waals surface area contributed by atoms with E-state index in [0.717, 1.165) is 36.8 Å². The second-order valence-corrected chi connectivity index (χ2v) is 4.05. The molecule has 0 fully saturated rings. The summed E-state index contributed by atoms with van der Waals surface area (Å²) in [5.41, 5.74) is 1.08. The maximum atomic E-state index is 13.1. The molecule has 0 aliphatic carbocycles. The van der Waals surface area contributed by atoms with Gasteiger partial charge in [0.2, 0.25) is 0 Å². The molecule has 1 aromatic carbocycles. The minimum absolute atomic E-state index is 0.524. The lowest BCUT2D eigenvalue weighted by molar-refractivity contribution is 0.509. The number of halogens is 2. The fourth-order valence-electron chi connectivity index (χ4n) is 1.38. The quantitative estimate of drug-likeness (QED) is 0.910. The Labute approximate surface area is 102 Å². The zero-order chi connectivity index (χ0) is 12.3. The van der Waals surface area contributed by atoms with E-state index in [1.54, 1.807) is 0 Å². The number of benzene rings is 1. The topological polar surface area (TPSA) is 37.8 Å². The zero-order valence-corrected chi connectivity index (χ0v) is 10.0. The van der Waals surface area contributed by atoms with E-state index >= 15 is 0 Å². The summed E-state index contributed by atoms with van der Waals surface area (Å²) in [4.78, 5) is 0. The Bertz CT molecular complexity index is 513. The third-order valence-corrected chi connectivity index (χ3v) is 2.75. The van der Waals surface area contributed by atoms with E-state index in [4.69, 9.17) is 0 Å². The Balaban J connectivity index is 2.32. The van der Waals surface area contributed by atoms with Gasteiger partial charge in [0.25, 0.3) is 0 Å². The van der Waals surface area contributed by atoms with Gasteiger partial charge in [-0.3, -0.25) is 0 Å². The van der Waals surface area contributed by atoms with Gasteiger partial charge in [-0.25, -0.2) is 8.78 Å². The molecule has 0 aliphatic heterocycles. The SMILES string of the molecule is CCCNc1nsnc1-c1ccc(F)c(F)c1. The van der Waals surface area contributed by atoms with Crippen molar-refractivity contribution in [1.82, 2.24) is 8.75 Å². The third kappa shape index (κ3) is 2.58. The third-order valence-electron chi connectivity index (χ3n) is 2.22. The highest BCUT2D eigenvalue weighted by Gasteiger charge is 2.12. The van der Waals surface area contributed by atoms with Gasteiger partial charge in [0.15, 0.2) is 17.5 Å². The van der Waals surface area contributed by atoms with Crippen LogP contribution < -0.4 is 5.32 Å². The lowest BCUT2D eigenvalue weighted by Gasteiger charge is -2.03. The molecule has 0 spiro atoms. The lowest BCUT2D eigenvalue weighted by Crippen LogP contribution is -2.01. The van der Waals surface area contributed by atoms with Gasteiger partial charge in [0, 0.05) is 12.1 Å². The Kier molecular flexibility index (Phi) is 3.63. The molecule has 1 aromatic heterocycles. The maximum Gasteiger partial charge on any atom is 0.168 e. The largest absolute Gasteiger partial charge is 0.367 e. The van der Waals surface area contributed by atoms with Crippen molar-refractivity contribution < 1.29 is 8.78 Å². The summed E-state index contributed by atoms with van der Waals surface area (Å²) in [5, 5.41) is 3.10. The van der Waals surface area contributed by atoms with Crippen molar-refractivity contribution in [3.05, 3.63) is 29.8 Å². The van der Waals surface area contributed by atoms with E-state index in [2.05, 4.69) is 14.1 Å². The molecule has 0 amide bonds. The zero-order valence-electron chi connectivity index (χ0n) is 9.20. The summed E-state index contributed by atoms with van der Waals surface area (Å²) in [6.07, 6.45) is 0.953. The molecule has 0 bridgehead atoms. The molecule has 0 atom stereocenters. The van der Waals surface area contributed by atoms with Gasteiger partial charge in [-0.15, -0.1) is 0 Å². The van der Waals surface area contributed by atoms with Crippen LogP contribution in [0.15, 0.2) is 18.2 Å². The lowest BCUT2D eigenvalue weighted by atomic mass is 10.1. The van der Waals surface area contributed by atoms with Crippen molar-refractivity contribution in [2.24, 2.45) is 0 Å². The van der Waals surface area contributed by atoms with E-state index in [0.29, 0.717) is 17.1 Å². The molecule has 0 aliphatic rings. The monoisotopic (exact) mass is 255 g/mol. The van der Waals surface area contributed by atoms with Crippen LogP contribution in [0.5, 0.6) is 0 Å². The molecular formula is C11H11F2N3S. The summed E-state index contributed by atoms with van der Waals surface area (Å²) >= 11 is 1.04. The number of anilines is 1. The summed E-state index contributed by atoms with van der Waals surface area (Å²) < 4.78 is 34.1. The minimum atomic E-state index is -0.878. The van der Waals surface area contributed by atoms with Crippen molar-refractivity contribution in [3.8, 4) is 11.3 Å². The van der Waals surface area contributed by atoms with E-state index in [1.807, 2.05) is 6.92 Å². The van der Waals surface area contributed by atoms with Gasteiger partial charge in [-0.05, 0) is 24.6 Å². The molecule has 0 unspecified atom stereocenters. The van der Waals surface area contributed by atoms with E-state index < -0.39 is 11.6 Å². The van der Waals surface area contributed by atoms with Crippen LogP contribution in [0.4, 0.5) is 14.6 Å². The van der Waals surface area contributed by atoms with Gasteiger partial charge in [-0.2, -0.15) is 8.75 Å². The summed E-state index contributed by atoms with van der Waals surface area (Å²) in [6, 6.07) is 3.71. The van der Waals surface area contributed by atoms with E-state index in [-0.39, 0.29) is 0 Å². The molecule has 0 saturated carbocycles. The van der Waals surface area contributed by atoms with Crippen LogP contribution >= 0.6 is 11.7 Å². The van der Waals surface area contributed by atoms with Crippen molar-refractivity contribution in [1.29, 1.82) is 0 Å². The first-order chi connectivity index (χ1) is 8.22. The molecular weight excluding hydrogens is 244 g/mol. The van der Waals surface area contributed by atoms with Gasteiger partial charge in [0.1, 0.15) is 5.69 Å². The fraction of sp³-hybridized carbons (Fsp3) is 0.273. The van der Waals surface area contributed by atoms with Gasteiger partial charge in [0.05, 0.1) is 11.7 Å². The second-order valence-electron chi connectivity index (χ2n) is 3.52. The maximum absolute atomic E-state index is 13.1. The molecule has 1 N–H and O–H groups in total. The Morgan fingerprint density at radius 1 is 1.24 bits per heavy atom. The average Bonchev–Trinajstić information content (AvgIpc) is 2.78. The summed E-state index contributed by atoms with van der Waals surface area (Å²) in [6.45, 7) is 2.80. The fourth-order valence-corrected chi connectivity index (χ4v) is 1.93. The standard InChI is InChI=1S/C11H11F2N3S/c1-2-5-14-11-10(15-17-16-11)7-3-4-8(12)9(13)6-7/h3-4,6H,2,5H2,1H3,(H,14,16). The molecule has 0 saturated heterocycles. The normalized spacial score (nSPS) is 10.5. The van der Waals surface area contributed by atoms with Crippen molar-refractivity contribution >= 4 is 17.5 Å². The van der Waals surface area contributed by atoms with Crippen LogP contribution in [-0.2, 0) is 0 Å². The highest BCUT2D eigenvalue weighted by molar-refractivity contribution is 6.99.